The second-order valence-corrected chi connectivity index (χ2v) is 32.4. The van der Waals surface area contributed by atoms with E-state index in [1.165, 1.54) is 15.7 Å². The van der Waals surface area contributed by atoms with E-state index in [2.05, 4.69) is 41.7 Å². The van der Waals surface area contributed by atoms with Crippen LogP contribution in [0.2, 0.25) is 0 Å². The highest BCUT2D eigenvalue weighted by molar-refractivity contribution is 8.77. The summed E-state index contributed by atoms with van der Waals surface area (Å²) in [6.45, 7) is 9.14. The molecule has 36 nitrogen and oxygen atoms in total. The van der Waals surface area contributed by atoms with Crippen molar-refractivity contribution in [2.24, 2.45) is 5.92 Å². The number of phosphoric ester groups is 1. The van der Waals surface area contributed by atoms with E-state index in [-0.39, 0.29) is 88.1 Å². The number of phosphoric acid groups is 3. The summed E-state index contributed by atoms with van der Waals surface area (Å²) in [6.07, 6.45) is -2.74. The molecule has 45 heteroatoms. The minimum atomic E-state index is -5.79. The van der Waals surface area contributed by atoms with Gasteiger partial charge in [0.15, 0.2) is 5.36 Å². The maximum Gasteiger partial charge on any atom is 0.490 e. The molecular formula is C54H76N8O28P3S6+. The van der Waals surface area contributed by atoms with Gasteiger partial charge in [-0.3, -0.25) is 30.4 Å². The SMILES string of the molecule is CCS(=S)COC1C[C@H](N2CC(C#CCNC(=O)OCCCCOCSSC(C)(C)CCOC(=O)NCCOCCOCCNC(=O)c3ccc(C)c(-c4c5ccc(=[NH2+])cc-5oc5cc(N)ccc45)c3)C(=N)NC2=O)O[C@@H]1COP(=O)(O)OP(=O)(O)OP(=O)(O)O.O=S(=O)=O.O=S(=O)=O. The van der Waals surface area contributed by atoms with Crippen LogP contribution in [0.15, 0.2) is 59.0 Å². The van der Waals surface area contributed by atoms with Gasteiger partial charge < -0.3 is 78.8 Å². The molecule has 5 amide bonds. The lowest BCUT2D eigenvalue weighted by atomic mass is 9.90. The molecular weight excluding hydrogens is 1490 g/mol. The molecule has 550 valence electrons. The van der Waals surface area contributed by atoms with Gasteiger partial charge in [-0.1, -0.05) is 55.9 Å². The van der Waals surface area contributed by atoms with E-state index < -0.39 is 103 Å². The number of hydrogen-bond acceptors (Lipinski definition) is 29. The van der Waals surface area contributed by atoms with E-state index in [4.69, 9.17) is 105 Å². The Hall–Kier alpha value is -5.84. The Balaban J connectivity index is 0.00000246. The lowest BCUT2D eigenvalue weighted by molar-refractivity contribution is -0.172. The maximum atomic E-state index is 13.2. The van der Waals surface area contributed by atoms with E-state index >= 15 is 0 Å². The predicted molar refractivity (Wildman–Crippen MR) is 361 cm³/mol. The lowest BCUT2D eigenvalue weighted by Gasteiger charge is -2.35. The van der Waals surface area contributed by atoms with Crippen LogP contribution >= 0.6 is 45.1 Å². The molecule has 7 atom stereocenters. The van der Waals surface area contributed by atoms with Gasteiger partial charge in [0, 0.05) is 77.3 Å². The van der Waals surface area contributed by atoms with Gasteiger partial charge in [-0.15, -0.1) is 25.3 Å². The molecule has 2 fully saturated rings. The third kappa shape index (κ3) is 33.2. The van der Waals surface area contributed by atoms with E-state index in [0.717, 1.165) is 27.6 Å². The molecule has 5 unspecified atom stereocenters. The standard InChI is InChI=1S/C54H75N8O22P3S4.2O3S/c1-5-91(88)34-79-45-30-47(82-46(45)32-80-86(70,71)84-87(72,73)83-85(67,68)69)62-31-37(49(57)61-51(62)64)9-8-17-59-52(65)77-21-7-6-20-76-33-89-90-54(3,4)16-22-78-53(66)60-19-24-75-26-25-74-23-18-58-50(63)36-11-10-35(2)42(27-36)48-40-14-12-38(55)28-43(40)81-44-29-39(56)13-15-41(44)48;2*1-4(2)3/h10-15,27-29,37,45-47,55H,5-7,16-26,30-34,56H2,1-4H3,(H,58,63)(H,59,65)(H,60,66)(H,70,71)(H,72,73)(H2,57,61,64)(H2,67,68,69);;/p+1/t37?,45?,46-,47-,91?;;/m1../s1. The summed E-state index contributed by atoms with van der Waals surface area (Å²) < 4.78 is 143. The minimum Gasteiger partial charge on any atom is -0.456 e. The molecule has 3 heterocycles. The number of nitrogens with one attached hydrogen (secondary N) is 5. The van der Waals surface area contributed by atoms with Crippen molar-refractivity contribution < 1.29 is 134 Å². The molecule has 0 spiro atoms. The molecule has 4 aliphatic rings. The van der Waals surface area contributed by atoms with Crippen LogP contribution in [0.4, 0.5) is 20.1 Å². The van der Waals surface area contributed by atoms with E-state index in [1.807, 2.05) is 64.1 Å². The summed E-state index contributed by atoms with van der Waals surface area (Å²) >= 11 is 5.33. The van der Waals surface area contributed by atoms with Crippen LogP contribution in [0.1, 0.15) is 62.4 Å². The summed E-state index contributed by atoms with van der Waals surface area (Å²) in [5.41, 5.74) is 11.4. The van der Waals surface area contributed by atoms with Gasteiger partial charge in [0.1, 0.15) is 35.4 Å². The molecule has 2 aromatic rings. The Kier molecular flexibility index (Phi) is 36.8. The molecule has 6 rings (SSSR count). The number of aryl methyl sites for hydroxylation is 1. The molecule has 2 aromatic carbocycles. The third-order valence-electron chi connectivity index (χ3n) is 13.1. The number of nitrogens with two attached hydrogens (primary N) is 2. The monoisotopic (exact) mass is 1570 g/mol. The zero-order valence-corrected chi connectivity index (χ0v) is 61.0. The smallest absolute Gasteiger partial charge is 0.456 e. The van der Waals surface area contributed by atoms with Gasteiger partial charge in [-0.25, -0.2) is 28.1 Å². The van der Waals surface area contributed by atoms with Crippen molar-refractivity contribution in [1.29, 1.82) is 5.41 Å². The second kappa shape index (κ2) is 42.6. The molecule has 0 radical (unpaired) electrons. The van der Waals surface area contributed by atoms with Crippen LogP contribution in [0.25, 0.3) is 33.4 Å². The number of benzene rings is 3. The highest BCUT2D eigenvalue weighted by Gasteiger charge is 2.46. The largest absolute Gasteiger partial charge is 0.490 e. The average molecular weight is 1570 g/mol. The Bertz CT molecular complexity index is 3900. The molecule has 0 bridgehead atoms. The number of ether oxygens (including phenoxy) is 7. The number of hydrogen-bond donors (Lipinski definition) is 11. The van der Waals surface area contributed by atoms with Crippen LogP contribution in [0, 0.1) is 30.1 Å². The fourth-order valence-electron chi connectivity index (χ4n) is 8.65. The first-order valence-corrected chi connectivity index (χ1v) is 40.6. The number of unbranched alkanes of at least 4 members (excludes halogenated alkanes) is 1. The molecule has 0 aromatic heterocycles. The van der Waals surface area contributed by atoms with Gasteiger partial charge >= 0.3 is 62.9 Å². The van der Waals surface area contributed by atoms with Crippen molar-refractivity contribution in [1.82, 2.24) is 26.2 Å². The topological polar surface area (TPSA) is 535 Å². The molecule has 0 saturated carbocycles. The number of amidine groups is 1. The fourth-order valence-corrected chi connectivity index (χ4v) is 14.6. The Morgan fingerprint density at radius 3 is 2.18 bits per heavy atom. The summed E-state index contributed by atoms with van der Waals surface area (Å²) in [5.74, 6) is 5.88. The zero-order valence-electron chi connectivity index (χ0n) is 53.4. The molecule has 99 heavy (non-hydrogen) atoms. The van der Waals surface area contributed by atoms with E-state index in [9.17, 15) is 42.7 Å². The first-order chi connectivity index (χ1) is 46.6. The van der Waals surface area contributed by atoms with Crippen molar-refractivity contribution >= 4 is 134 Å². The first-order valence-electron chi connectivity index (χ1n) is 29.2. The highest BCUT2D eigenvalue weighted by Crippen LogP contribution is 2.66. The van der Waals surface area contributed by atoms with Crippen LogP contribution in [-0.2, 0) is 102 Å². The first kappa shape index (κ1) is 85.6. The number of anilines is 1. The summed E-state index contributed by atoms with van der Waals surface area (Å²) in [5, 5.41) is 26.3. The molecule has 1 aliphatic carbocycles. The number of nitrogen functional groups attached to an aromatic ring is 1. The Labute approximate surface area is 585 Å². The van der Waals surface area contributed by atoms with Crippen LogP contribution in [0.5, 0.6) is 0 Å². The Morgan fingerprint density at radius 2 is 1.51 bits per heavy atom. The van der Waals surface area contributed by atoms with E-state index in [0.29, 0.717) is 72.1 Å². The quantitative estimate of drug-likeness (QED) is 0.00593. The van der Waals surface area contributed by atoms with E-state index in [1.54, 1.807) is 29.0 Å². The van der Waals surface area contributed by atoms with Crippen molar-refractivity contribution in [2.75, 3.05) is 102 Å². The highest BCUT2D eigenvalue weighted by atomic mass is 33.1. The number of rotatable bonds is 36. The van der Waals surface area contributed by atoms with Gasteiger partial charge in [0.05, 0.1) is 76.8 Å². The minimum absolute atomic E-state index is 0.0209. The van der Waals surface area contributed by atoms with Gasteiger partial charge in [0.25, 0.3) is 5.91 Å². The summed E-state index contributed by atoms with van der Waals surface area (Å²) in [6, 6.07) is 15.8. The normalized spacial score (nSPS) is 17.6. The van der Waals surface area contributed by atoms with Crippen LogP contribution < -0.4 is 37.8 Å². The zero-order chi connectivity index (χ0) is 73.5. The number of urea groups is 1. The van der Waals surface area contributed by atoms with Crippen molar-refractivity contribution in [3.8, 4) is 34.3 Å². The van der Waals surface area contributed by atoms with Crippen molar-refractivity contribution in [2.45, 2.75) is 76.6 Å². The van der Waals surface area contributed by atoms with Gasteiger partial charge in [-0.05, 0) is 98.4 Å². The van der Waals surface area contributed by atoms with Gasteiger partial charge in [-0.2, -0.15) is 8.62 Å². The number of alkyl carbamates (subject to hydrolysis) is 2. The predicted octanol–water partition coefficient (Wildman–Crippen LogP) is 2.79. The summed E-state index contributed by atoms with van der Waals surface area (Å²) in [4.78, 5) is 89.1. The molecule has 13 N–H and O–H groups in total. The van der Waals surface area contributed by atoms with Crippen molar-refractivity contribution in [3.05, 3.63) is 71.1 Å². The lowest BCUT2D eigenvalue weighted by Crippen LogP contribution is -2.57. The number of carbonyl (C=O) groups is 4. The summed E-state index contributed by atoms with van der Waals surface area (Å²) in [7, 11) is -20.6. The molecule has 3 aliphatic heterocycles. The molecule has 2 saturated heterocycles. The van der Waals surface area contributed by atoms with Crippen LogP contribution in [0.3, 0.4) is 0 Å². The number of carbonyl (C=O) groups excluding carboxylic acids is 4. The number of fused-ring (bicyclic) bond motifs is 2. The van der Waals surface area contributed by atoms with Gasteiger partial charge in [0.2, 0.25) is 0 Å². The van der Waals surface area contributed by atoms with Crippen LogP contribution in [-0.4, -0.2) is 200 Å². The Morgan fingerprint density at radius 1 is 0.848 bits per heavy atom. The number of nitrogens with zero attached hydrogens (tertiary/aromatic N) is 1. The maximum absolute atomic E-state index is 13.2. The number of amides is 5. The fraction of sp³-hybridized carbons (Fsp3) is 0.519. The average Bonchev–Trinajstić information content (AvgIpc) is 1.28. The second-order valence-electron chi connectivity index (χ2n) is 21.1. The third-order valence-corrected chi connectivity index (χ3v) is 22.0. The van der Waals surface area contributed by atoms with Crippen molar-refractivity contribution in [3.63, 3.8) is 0 Å².